The van der Waals surface area contributed by atoms with Crippen LogP contribution < -0.4 is 5.32 Å². The molecule has 1 saturated carbocycles. The molecule has 1 atom stereocenters. The summed E-state index contributed by atoms with van der Waals surface area (Å²) in [6, 6.07) is 9.39. The molecule has 0 radical (unpaired) electrons. The number of hydrogen-bond acceptors (Lipinski definition) is 1. The van der Waals surface area contributed by atoms with E-state index >= 15 is 0 Å². The molecule has 2 rings (SSSR count). The van der Waals surface area contributed by atoms with Gasteiger partial charge in [0.05, 0.1) is 0 Å². The highest BCUT2D eigenvalue weighted by molar-refractivity contribution is 9.10. The van der Waals surface area contributed by atoms with Crippen LogP contribution >= 0.6 is 15.9 Å². The number of benzene rings is 1. The molecule has 1 unspecified atom stereocenters. The van der Waals surface area contributed by atoms with E-state index in [2.05, 4.69) is 59.4 Å². The first-order valence-corrected chi connectivity index (χ1v) is 7.41. The van der Waals surface area contributed by atoms with Crippen molar-refractivity contribution < 1.29 is 0 Å². The summed E-state index contributed by atoms with van der Waals surface area (Å²) in [5.74, 6) is 0. The van der Waals surface area contributed by atoms with Crippen LogP contribution in [0.25, 0.3) is 0 Å². The fourth-order valence-corrected chi connectivity index (χ4v) is 2.55. The van der Waals surface area contributed by atoms with Gasteiger partial charge in [0.2, 0.25) is 0 Å². The maximum absolute atomic E-state index is 3.72. The Morgan fingerprint density at radius 3 is 2.47 bits per heavy atom. The lowest BCUT2D eigenvalue weighted by atomic mass is 9.92. The second-order valence-electron chi connectivity index (χ2n) is 5.49. The Bertz CT molecular complexity index is 354. The van der Waals surface area contributed by atoms with E-state index in [0.717, 1.165) is 17.4 Å². The first-order valence-electron chi connectivity index (χ1n) is 6.62. The van der Waals surface area contributed by atoms with E-state index in [1.165, 1.54) is 24.8 Å². The minimum absolute atomic E-state index is 0.544. The SMILES string of the molecule is CCCNC(Cc1ccc(Br)cc1)C1(C)CC1. The molecule has 0 saturated heterocycles. The minimum atomic E-state index is 0.544. The van der Waals surface area contributed by atoms with E-state index in [9.17, 15) is 0 Å². The van der Waals surface area contributed by atoms with Crippen molar-refractivity contribution in [2.75, 3.05) is 6.54 Å². The van der Waals surface area contributed by atoms with Gasteiger partial charge in [-0.25, -0.2) is 0 Å². The summed E-state index contributed by atoms with van der Waals surface area (Å²) in [6.45, 7) is 5.79. The maximum Gasteiger partial charge on any atom is 0.0175 e. The zero-order valence-electron chi connectivity index (χ0n) is 10.8. The highest BCUT2D eigenvalue weighted by Gasteiger charge is 2.44. The normalized spacial score (nSPS) is 19.0. The second kappa shape index (κ2) is 5.53. The molecule has 1 aliphatic rings. The largest absolute Gasteiger partial charge is 0.313 e. The van der Waals surface area contributed by atoms with Crippen molar-refractivity contribution in [2.24, 2.45) is 5.41 Å². The summed E-state index contributed by atoms with van der Waals surface area (Å²) in [5.41, 5.74) is 1.98. The third kappa shape index (κ3) is 3.56. The molecule has 1 fully saturated rings. The Morgan fingerprint density at radius 2 is 1.94 bits per heavy atom. The lowest BCUT2D eigenvalue weighted by molar-refractivity contribution is 0.354. The molecule has 1 nitrogen and oxygen atoms in total. The summed E-state index contributed by atoms with van der Waals surface area (Å²) in [5, 5.41) is 3.72. The molecule has 0 heterocycles. The molecule has 1 aromatic rings. The van der Waals surface area contributed by atoms with Crippen molar-refractivity contribution in [1.82, 2.24) is 5.32 Å². The van der Waals surface area contributed by atoms with Gasteiger partial charge in [-0.1, -0.05) is 41.9 Å². The van der Waals surface area contributed by atoms with Crippen LogP contribution in [-0.2, 0) is 6.42 Å². The lowest BCUT2D eigenvalue weighted by Gasteiger charge is -2.25. The molecule has 1 aliphatic carbocycles. The molecule has 0 amide bonds. The predicted molar refractivity (Wildman–Crippen MR) is 77.3 cm³/mol. The second-order valence-corrected chi connectivity index (χ2v) is 6.41. The van der Waals surface area contributed by atoms with Crippen LogP contribution in [0.4, 0.5) is 0 Å². The molecule has 0 aliphatic heterocycles. The van der Waals surface area contributed by atoms with Crippen LogP contribution in [0.1, 0.15) is 38.7 Å². The van der Waals surface area contributed by atoms with Gasteiger partial charge in [0.1, 0.15) is 0 Å². The summed E-state index contributed by atoms with van der Waals surface area (Å²) < 4.78 is 1.16. The van der Waals surface area contributed by atoms with Crippen LogP contribution in [0.15, 0.2) is 28.7 Å². The third-order valence-electron chi connectivity index (χ3n) is 3.87. The van der Waals surface area contributed by atoms with Crippen LogP contribution in [0.2, 0.25) is 0 Å². The summed E-state index contributed by atoms with van der Waals surface area (Å²) in [7, 11) is 0. The van der Waals surface area contributed by atoms with E-state index in [1.54, 1.807) is 0 Å². The zero-order valence-corrected chi connectivity index (χ0v) is 12.4. The van der Waals surface area contributed by atoms with Crippen LogP contribution in [-0.4, -0.2) is 12.6 Å². The van der Waals surface area contributed by atoms with Crippen molar-refractivity contribution in [1.29, 1.82) is 0 Å². The Balaban J connectivity index is 1.99. The van der Waals surface area contributed by atoms with E-state index in [4.69, 9.17) is 0 Å². The Labute approximate surface area is 113 Å². The standard InChI is InChI=1S/C15H22BrN/c1-3-10-17-14(15(2)8-9-15)11-12-4-6-13(16)7-5-12/h4-7,14,17H,3,8-11H2,1-2H3. The predicted octanol–water partition coefficient (Wildman–Crippen LogP) is 4.16. The van der Waals surface area contributed by atoms with Crippen molar-refractivity contribution in [3.05, 3.63) is 34.3 Å². The van der Waals surface area contributed by atoms with E-state index < -0.39 is 0 Å². The third-order valence-corrected chi connectivity index (χ3v) is 4.40. The first kappa shape index (κ1) is 13.1. The van der Waals surface area contributed by atoms with Gasteiger partial charge in [-0.2, -0.15) is 0 Å². The molecular weight excluding hydrogens is 274 g/mol. The first-order chi connectivity index (χ1) is 8.14. The maximum atomic E-state index is 3.72. The molecular formula is C15H22BrN. The fourth-order valence-electron chi connectivity index (χ4n) is 2.29. The topological polar surface area (TPSA) is 12.0 Å². The summed E-state index contributed by atoms with van der Waals surface area (Å²) in [6.07, 6.45) is 5.13. The van der Waals surface area contributed by atoms with Crippen molar-refractivity contribution in [3.8, 4) is 0 Å². The van der Waals surface area contributed by atoms with Gasteiger partial charge >= 0.3 is 0 Å². The number of rotatable bonds is 6. The van der Waals surface area contributed by atoms with Gasteiger partial charge in [0, 0.05) is 10.5 Å². The Hall–Kier alpha value is -0.340. The molecule has 2 heteroatoms. The fraction of sp³-hybridized carbons (Fsp3) is 0.600. The molecule has 1 N–H and O–H groups in total. The molecule has 1 aromatic carbocycles. The van der Waals surface area contributed by atoms with Crippen molar-refractivity contribution >= 4 is 15.9 Å². The molecule has 17 heavy (non-hydrogen) atoms. The van der Waals surface area contributed by atoms with Crippen LogP contribution in [0.3, 0.4) is 0 Å². The van der Waals surface area contributed by atoms with Gasteiger partial charge in [-0.15, -0.1) is 0 Å². The van der Waals surface area contributed by atoms with Gasteiger partial charge in [0.15, 0.2) is 0 Å². The quantitative estimate of drug-likeness (QED) is 0.831. The number of nitrogens with one attached hydrogen (secondary N) is 1. The monoisotopic (exact) mass is 295 g/mol. The summed E-state index contributed by atoms with van der Waals surface area (Å²) >= 11 is 3.49. The van der Waals surface area contributed by atoms with Gasteiger partial charge in [-0.05, 0) is 55.3 Å². The highest BCUT2D eigenvalue weighted by Crippen LogP contribution is 2.48. The van der Waals surface area contributed by atoms with Crippen molar-refractivity contribution in [3.63, 3.8) is 0 Å². The molecule has 0 bridgehead atoms. The Morgan fingerprint density at radius 1 is 1.29 bits per heavy atom. The van der Waals surface area contributed by atoms with Crippen LogP contribution in [0.5, 0.6) is 0 Å². The van der Waals surface area contributed by atoms with Crippen molar-refractivity contribution in [2.45, 2.75) is 45.6 Å². The van der Waals surface area contributed by atoms with E-state index in [-0.39, 0.29) is 0 Å². The van der Waals surface area contributed by atoms with Crippen LogP contribution in [0, 0.1) is 5.41 Å². The number of halogens is 1. The van der Waals surface area contributed by atoms with E-state index in [0.29, 0.717) is 11.5 Å². The molecule has 94 valence electrons. The van der Waals surface area contributed by atoms with Gasteiger partial charge < -0.3 is 5.32 Å². The number of hydrogen-bond donors (Lipinski definition) is 1. The zero-order chi connectivity index (χ0) is 12.3. The van der Waals surface area contributed by atoms with E-state index in [1.807, 2.05) is 0 Å². The molecule has 0 spiro atoms. The Kier molecular flexibility index (Phi) is 4.26. The van der Waals surface area contributed by atoms with Gasteiger partial charge in [0.25, 0.3) is 0 Å². The average Bonchev–Trinajstić information content (AvgIpc) is 3.06. The molecule has 0 aromatic heterocycles. The smallest absolute Gasteiger partial charge is 0.0175 e. The lowest BCUT2D eigenvalue weighted by Crippen LogP contribution is -2.38. The summed E-state index contributed by atoms with van der Waals surface area (Å²) in [4.78, 5) is 0. The highest BCUT2D eigenvalue weighted by atomic mass is 79.9. The minimum Gasteiger partial charge on any atom is -0.313 e. The van der Waals surface area contributed by atoms with Gasteiger partial charge in [-0.3, -0.25) is 0 Å². The average molecular weight is 296 g/mol.